The largest absolute Gasteiger partial charge is 0.384 e. The number of hydrogen-bond acceptors (Lipinski definition) is 2. The Kier molecular flexibility index (Phi) is 3.13. The van der Waals surface area contributed by atoms with E-state index in [2.05, 4.69) is 12.2 Å². The molecule has 1 aromatic carbocycles. The Morgan fingerprint density at radius 3 is 2.94 bits per heavy atom. The first-order valence-corrected chi connectivity index (χ1v) is 6.81. The summed E-state index contributed by atoms with van der Waals surface area (Å²) in [4.78, 5) is 4.78. The third kappa shape index (κ3) is 1.95. The lowest BCUT2D eigenvalue weighted by atomic mass is 9.92. The van der Waals surface area contributed by atoms with Gasteiger partial charge in [-0.25, -0.2) is 0 Å². The van der Waals surface area contributed by atoms with Gasteiger partial charge in [-0.2, -0.15) is 0 Å². The minimum atomic E-state index is 0.679. The molecule has 0 saturated carbocycles. The van der Waals surface area contributed by atoms with Gasteiger partial charge >= 0.3 is 0 Å². The standard InChI is InChI=1S/C15H16ClN2/c1-2-17-15-11-5-3-4-6-13(11)18-14-8-7-10(16)9-12(14)15/h7-9H,1-6H2,(H,17,18). The highest BCUT2D eigenvalue weighted by Crippen LogP contribution is 2.34. The lowest BCUT2D eigenvalue weighted by molar-refractivity contribution is 0.672. The molecule has 3 heteroatoms. The second-order valence-corrected chi connectivity index (χ2v) is 5.14. The molecule has 1 aliphatic rings. The van der Waals surface area contributed by atoms with Crippen molar-refractivity contribution in [2.75, 3.05) is 11.9 Å². The van der Waals surface area contributed by atoms with Crippen molar-refractivity contribution in [3.05, 3.63) is 41.4 Å². The molecule has 0 amide bonds. The number of rotatable bonds is 2. The van der Waals surface area contributed by atoms with Crippen molar-refractivity contribution in [3.63, 3.8) is 0 Å². The van der Waals surface area contributed by atoms with E-state index in [-0.39, 0.29) is 0 Å². The molecule has 0 bridgehead atoms. The molecular formula is C15H16ClN2. The van der Waals surface area contributed by atoms with E-state index in [1.807, 2.05) is 18.2 Å². The molecule has 0 fully saturated rings. The molecule has 1 heterocycles. The maximum Gasteiger partial charge on any atom is 0.0727 e. The van der Waals surface area contributed by atoms with Gasteiger partial charge in [0, 0.05) is 28.3 Å². The summed E-state index contributed by atoms with van der Waals surface area (Å²) >= 11 is 6.10. The summed E-state index contributed by atoms with van der Waals surface area (Å²) in [6.07, 6.45) is 4.67. The van der Waals surface area contributed by atoms with Crippen molar-refractivity contribution in [1.82, 2.24) is 4.98 Å². The Morgan fingerprint density at radius 2 is 2.11 bits per heavy atom. The van der Waals surface area contributed by atoms with Gasteiger partial charge in [0.15, 0.2) is 0 Å². The number of anilines is 1. The Labute approximate surface area is 112 Å². The zero-order chi connectivity index (χ0) is 12.5. The van der Waals surface area contributed by atoms with Gasteiger partial charge in [-0.1, -0.05) is 11.6 Å². The predicted molar refractivity (Wildman–Crippen MR) is 77.2 cm³/mol. The molecule has 0 atom stereocenters. The molecule has 2 aromatic rings. The first-order chi connectivity index (χ1) is 8.79. The first kappa shape index (κ1) is 11.8. The number of fused-ring (bicyclic) bond motifs is 2. The highest BCUT2D eigenvalue weighted by atomic mass is 35.5. The topological polar surface area (TPSA) is 24.9 Å². The van der Waals surface area contributed by atoms with Crippen molar-refractivity contribution in [2.24, 2.45) is 0 Å². The van der Waals surface area contributed by atoms with Gasteiger partial charge in [-0.3, -0.25) is 4.98 Å². The number of pyridine rings is 1. The van der Waals surface area contributed by atoms with Gasteiger partial charge < -0.3 is 5.32 Å². The smallest absolute Gasteiger partial charge is 0.0727 e. The highest BCUT2D eigenvalue weighted by molar-refractivity contribution is 6.31. The van der Waals surface area contributed by atoms with Crippen molar-refractivity contribution < 1.29 is 0 Å². The number of aromatic nitrogens is 1. The zero-order valence-electron chi connectivity index (χ0n) is 10.3. The fourth-order valence-electron chi connectivity index (χ4n) is 2.72. The molecule has 0 aliphatic heterocycles. The van der Waals surface area contributed by atoms with E-state index in [9.17, 15) is 0 Å². The van der Waals surface area contributed by atoms with Crippen LogP contribution in [0.25, 0.3) is 10.9 Å². The monoisotopic (exact) mass is 259 g/mol. The van der Waals surface area contributed by atoms with E-state index in [0.717, 1.165) is 28.8 Å². The molecule has 3 rings (SSSR count). The minimum Gasteiger partial charge on any atom is -0.384 e. The second kappa shape index (κ2) is 4.77. The van der Waals surface area contributed by atoms with Crippen molar-refractivity contribution in [1.29, 1.82) is 0 Å². The molecule has 1 aliphatic carbocycles. The Bertz CT molecular complexity index is 593. The molecule has 18 heavy (non-hydrogen) atoms. The molecule has 1 radical (unpaired) electrons. The molecule has 0 spiro atoms. The lowest BCUT2D eigenvalue weighted by Gasteiger charge is -2.21. The van der Waals surface area contributed by atoms with E-state index in [4.69, 9.17) is 16.6 Å². The summed E-state index contributed by atoms with van der Waals surface area (Å²) < 4.78 is 0. The molecular weight excluding hydrogens is 244 g/mol. The van der Waals surface area contributed by atoms with Crippen LogP contribution < -0.4 is 5.32 Å². The SMILES string of the molecule is [CH2]CNc1c2c(nc3ccc(Cl)cc13)CCCC2. The van der Waals surface area contributed by atoms with E-state index < -0.39 is 0 Å². The van der Waals surface area contributed by atoms with Crippen LogP contribution >= 0.6 is 11.6 Å². The van der Waals surface area contributed by atoms with E-state index >= 15 is 0 Å². The van der Waals surface area contributed by atoms with Crippen LogP contribution in [0.5, 0.6) is 0 Å². The van der Waals surface area contributed by atoms with Crippen molar-refractivity contribution >= 4 is 28.2 Å². The third-order valence-corrected chi connectivity index (χ3v) is 3.76. The maximum atomic E-state index is 6.10. The number of hydrogen-bond donors (Lipinski definition) is 1. The third-order valence-electron chi connectivity index (χ3n) is 3.53. The van der Waals surface area contributed by atoms with Gasteiger partial charge in [0.25, 0.3) is 0 Å². The molecule has 1 aromatic heterocycles. The Balaban J connectivity index is 2.30. The summed E-state index contributed by atoms with van der Waals surface area (Å²) in [5.41, 5.74) is 4.81. The van der Waals surface area contributed by atoms with Gasteiger partial charge in [0.1, 0.15) is 0 Å². The lowest BCUT2D eigenvalue weighted by Crippen LogP contribution is -2.11. The zero-order valence-corrected chi connectivity index (χ0v) is 11.1. The van der Waals surface area contributed by atoms with Crippen LogP contribution in [0, 0.1) is 6.92 Å². The average molecular weight is 260 g/mol. The van der Waals surface area contributed by atoms with Gasteiger partial charge in [-0.05, 0) is 56.4 Å². The molecule has 0 saturated heterocycles. The Morgan fingerprint density at radius 1 is 1.28 bits per heavy atom. The summed E-state index contributed by atoms with van der Waals surface area (Å²) in [5, 5.41) is 5.27. The van der Waals surface area contributed by atoms with Gasteiger partial charge in [0.05, 0.1) is 5.52 Å². The highest BCUT2D eigenvalue weighted by Gasteiger charge is 2.17. The number of benzene rings is 1. The van der Waals surface area contributed by atoms with E-state index in [1.165, 1.54) is 29.8 Å². The van der Waals surface area contributed by atoms with E-state index in [1.54, 1.807) is 0 Å². The normalized spacial score (nSPS) is 14.6. The van der Waals surface area contributed by atoms with Crippen LogP contribution in [0.2, 0.25) is 5.02 Å². The van der Waals surface area contributed by atoms with Gasteiger partial charge in [0.2, 0.25) is 0 Å². The van der Waals surface area contributed by atoms with Crippen LogP contribution in [0.1, 0.15) is 24.1 Å². The first-order valence-electron chi connectivity index (χ1n) is 6.43. The number of nitrogens with zero attached hydrogens (tertiary/aromatic N) is 1. The molecule has 2 nitrogen and oxygen atoms in total. The fraction of sp³-hybridized carbons (Fsp3) is 0.333. The minimum absolute atomic E-state index is 0.679. The van der Waals surface area contributed by atoms with Gasteiger partial charge in [-0.15, -0.1) is 0 Å². The average Bonchev–Trinajstić information content (AvgIpc) is 2.39. The van der Waals surface area contributed by atoms with Crippen LogP contribution in [0.4, 0.5) is 5.69 Å². The fourth-order valence-corrected chi connectivity index (χ4v) is 2.90. The van der Waals surface area contributed by atoms with Crippen LogP contribution in [0.15, 0.2) is 18.2 Å². The summed E-state index contributed by atoms with van der Waals surface area (Å²) in [5.74, 6) is 0. The summed E-state index contributed by atoms with van der Waals surface area (Å²) in [6, 6.07) is 5.90. The second-order valence-electron chi connectivity index (χ2n) is 4.71. The summed E-state index contributed by atoms with van der Waals surface area (Å²) in [7, 11) is 0. The van der Waals surface area contributed by atoms with Crippen LogP contribution in [-0.2, 0) is 12.8 Å². The number of halogens is 1. The quantitative estimate of drug-likeness (QED) is 0.881. The van der Waals surface area contributed by atoms with Crippen LogP contribution in [-0.4, -0.2) is 11.5 Å². The molecule has 0 unspecified atom stereocenters. The number of aryl methyl sites for hydroxylation is 1. The van der Waals surface area contributed by atoms with Crippen molar-refractivity contribution in [2.45, 2.75) is 25.7 Å². The van der Waals surface area contributed by atoms with Crippen molar-refractivity contribution in [3.8, 4) is 0 Å². The maximum absolute atomic E-state index is 6.10. The molecule has 1 N–H and O–H groups in total. The number of nitrogens with one attached hydrogen (secondary N) is 1. The van der Waals surface area contributed by atoms with Crippen LogP contribution in [0.3, 0.4) is 0 Å². The van der Waals surface area contributed by atoms with E-state index in [0.29, 0.717) is 6.54 Å². The summed E-state index contributed by atoms with van der Waals surface area (Å²) in [6.45, 7) is 4.57. The Hall–Kier alpha value is -1.28. The predicted octanol–water partition coefficient (Wildman–Crippen LogP) is 4.01. The molecule has 93 valence electrons.